The van der Waals surface area contributed by atoms with Crippen molar-refractivity contribution in [2.24, 2.45) is 0 Å². The van der Waals surface area contributed by atoms with E-state index in [4.69, 9.17) is 4.52 Å². The second kappa shape index (κ2) is 7.36. The third-order valence-electron chi connectivity index (χ3n) is 5.37. The Bertz CT molecular complexity index is 1100. The molecule has 1 atom stereocenters. The molecule has 2 amide bonds. The molecule has 154 valence electrons. The zero-order valence-corrected chi connectivity index (χ0v) is 16.5. The molecule has 30 heavy (non-hydrogen) atoms. The summed E-state index contributed by atoms with van der Waals surface area (Å²) in [4.78, 5) is 30.3. The van der Waals surface area contributed by atoms with E-state index in [1.807, 2.05) is 0 Å². The highest BCUT2D eigenvalue weighted by Crippen LogP contribution is 2.38. The minimum atomic E-state index is -0.173. The summed E-state index contributed by atoms with van der Waals surface area (Å²) >= 11 is 0. The van der Waals surface area contributed by atoms with Gasteiger partial charge in [0.25, 0.3) is 11.8 Å². The Kier molecular flexibility index (Phi) is 4.53. The molecule has 1 saturated carbocycles. The molecule has 0 spiro atoms. The maximum absolute atomic E-state index is 12.9. The molecule has 2 fully saturated rings. The van der Waals surface area contributed by atoms with Gasteiger partial charge in [-0.25, -0.2) is 4.68 Å². The lowest BCUT2D eigenvalue weighted by atomic mass is 10.1. The van der Waals surface area contributed by atoms with Crippen LogP contribution in [0.1, 0.15) is 54.3 Å². The van der Waals surface area contributed by atoms with Crippen LogP contribution in [0, 0.1) is 0 Å². The third-order valence-corrected chi connectivity index (χ3v) is 5.37. The molecular weight excluding hydrogens is 386 g/mol. The van der Waals surface area contributed by atoms with Crippen molar-refractivity contribution in [1.82, 2.24) is 30.0 Å². The van der Waals surface area contributed by atoms with Gasteiger partial charge in [-0.3, -0.25) is 9.59 Å². The molecule has 1 aromatic carbocycles. The van der Waals surface area contributed by atoms with Gasteiger partial charge >= 0.3 is 0 Å². The summed E-state index contributed by atoms with van der Waals surface area (Å²) in [6, 6.07) is 6.99. The van der Waals surface area contributed by atoms with E-state index in [-0.39, 0.29) is 17.9 Å². The van der Waals surface area contributed by atoms with Crippen LogP contribution >= 0.6 is 0 Å². The summed E-state index contributed by atoms with van der Waals surface area (Å²) in [6.07, 6.45) is 4.77. The number of nitrogens with one attached hydrogen (secondary N) is 1. The van der Waals surface area contributed by atoms with Gasteiger partial charge < -0.3 is 14.7 Å². The fourth-order valence-corrected chi connectivity index (χ4v) is 3.66. The van der Waals surface area contributed by atoms with Crippen LogP contribution in [0.15, 0.2) is 35.0 Å². The number of amides is 2. The van der Waals surface area contributed by atoms with Crippen LogP contribution < -0.4 is 5.32 Å². The molecule has 1 saturated heterocycles. The molecule has 1 aliphatic carbocycles. The maximum Gasteiger partial charge on any atom is 0.280 e. The van der Waals surface area contributed by atoms with E-state index in [9.17, 15) is 9.59 Å². The first-order chi connectivity index (χ1) is 14.6. The lowest BCUT2D eigenvalue weighted by Gasteiger charge is -2.17. The van der Waals surface area contributed by atoms with E-state index in [1.54, 1.807) is 40.0 Å². The van der Waals surface area contributed by atoms with Crippen molar-refractivity contribution in [2.45, 2.75) is 38.1 Å². The van der Waals surface area contributed by atoms with Crippen molar-refractivity contribution >= 4 is 17.5 Å². The van der Waals surface area contributed by atoms with Crippen LogP contribution in [-0.4, -0.2) is 54.9 Å². The van der Waals surface area contributed by atoms with Gasteiger partial charge in [0.05, 0.1) is 12.2 Å². The Labute approximate surface area is 172 Å². The Morgan fingerprint density at radius 3 is 2.90 bits per heavy atom. The van der Waals surface area contributed by atoms with Crippen molar-refractivity contribution in [3.05, 3.63) is 41.9 Å². The minimum Gasteiger partial charge on any atom is -0.336 e. The van der Waals surface area contributed by atoms with Crippen molar-refractivity contribution in [1.29, 1.82) is 0 Å². The first-order valence-corrected chi connectivity index (χ1v) is 9.99. The number of hydrogen-bond donors (Lipinski definition) is 1. The van der Waals surface area contributed by atoms with Gasteiger partial charge in [0.1, 0.15) is 0 Å². The van der Waals surface area contributed by atoms with Crippen LogP contribution in [0.4, 0.5) is 5.69 Å². The molecule has 10 nitrogen and oxygen atoms in total. The third kappa shape index (κ3) is 3.68. The molecule has 0 radical (unpaired) electrons. The van der Waals surface area contributed by atoms with Crippen molar-refractivity contribution in [3.8, 4) is 11.6 Å². The van der Waals surface area contributed by atoms with Crippen LogP contribution in [0.25, 0.3) is 11.6 Å². The molecule has 1 N–H and O–H groups in total. The Balaban J connectivity index is 1.26. The summed E-state index contributed by atoms with van der Waals surface area (Å²) in [5, 5.41) is 15.1. The van der Waals surface area contributed by atoms with Crippen molar-refractivity contribution in [3.63, 3.8) is 0 Å². The van der Waals surface area contributed by atoms with Crippen LogP contribution in [0.5, 0.6) is 0 Å². The molecule has 2 aliphatic rings. The van der Waals surface area contributed by atoms with E-state index in [0.29, 0.717) is 41.8 Å². The quantitative estimate of drug-likeness (QED) is 0.689. The average molecular weight is 407 g/mol. The second-order valence-electron chi connectivity index (χ2n) is 7.77. The lowest BCUT2D eigenvalue weighted by Crippen LogP contribution is -2.29. The largest absolute Gasteiger partial charge is 0.336 e. The Hall–Kier alpha value is -3.56. The fourth-order valence-electron chi connectivity index (χ4n) is 3.66. The average Bonchev–Trinajstić information content (AvgIpc) is 3.16. The molecule has 0 bridgehead atoms. The smallest absolute Gasteiger partial charge is 0.280 e. The molecular formula is C20H21N7O3. The van der Waals surface area contributed by atoms with Gasteiger partial charge in [-0.1, -0.05) is 16.4 Å². The van der Waals surface area contributed by atoms with E-state index < -0.39 is 0 Å². The maximum atomic E-state index is 12.9. The number of carbonyl (C=O) groups is 2. The van der Waals surface area contributed by atoms with E-state index in [2.05, 4.69) is 25.8 Å². The minimum absolute atomic E-state index is 0.0274. The van der Waals surface area contributed by atoms with Crippen LogP contribution in [0.2, 0.25) is 0 Å². The number of nitrogens with zero attached hydrogens (tertiary/aromatic N) is 6. The van der Waals surface area contributed by atoms with Gasteiger partial charge in [-0.05, 0) is 37.5 Å². The number of rotatable bonds is 5. The highest BCUT2D eigenvalue weighted by Gasteiger charge is 2.31. The van der Waals surface area contributed by atoms with E-state index in [0.717, 1.165) is 25.1 Å². The number of benzene rings is 1. The standard InChI is InChI=1S/C20H21N7O3/c1-12(28)21-15-4-2-3-14(9-15)20(29)26-8-7-16(10-26)27-11-17(23-25-27)19-22-18(24-30-19)13-5-6-13/h2-4,9,11,13,16H,5-8,10H2,1H3,(H,21,28)/t16-/m1/s1. The highest BCUT2D eigenvalue weighted by molar-refractivity contribution is 5.97. The van der Waals surface area contributed by atoms with Gasteiger partial charge in [-0.15, -0.1) is 5.10 Å². The summed E-state index contributed by atoms with van der Waals surface area (Å²) in [7, 11) is 0. The SMILES string of the molecule is CC(=O)Nc1cccc(C(=O)N2CC[C@@H](n3cc(-c4nc(C5CC5)no4)nn3)C2)c1. The molecule has 0 unspecified atom stereocenters. The van der Waals surface area contributed by atoms with Gasteiger partial charge in [0.2, 0.25) is 5.91 Å². The normalized spacial score (nSPS) is 18.6. The highest BCUT2D eigenvalue weighted by atomic mass is 16.5. The zero-order valence-electron chi connectivity index (χ0n) is 16.5. The summed E-state index contributed by atoms with van der Waals surface area (Å²) in [6.45, 7) is 2.59. The second-order valence-corrected chi connectivity index (χ2v) is 7.77. The molecule has 3 aromatic rings. The fraction of sp³-hybridized carbons (Fsp3) is 0.400. The van der Waals surface area contributed by atoms with Gasteiger partial charge in [-0.2, -0.15) is 4.98 Å². The summed E-state index contributed by atoms with van der Waals surface area (Å²) in [5.41, 5.74) is 1.69. The zero-order chi connectivity index (χ0) is 20.7. The van der Waals surface area contributed by atoms with Crippen LogP contribution in [-0.2, 0) is 4.79 Å². The van der Waals surface area contributed by atoms with Crippen molar-refractivity contribution < 1.29 is 14.1 Å². The number of likely N-dealkylation sites (tertiary alicyclic amines) is 1. The van der Waals surface area contributed by atoms with E-state index >= 15 is 0 Å². The number of hydrogen-bond acceptors (Lipinski definition) is 7. The summed E-state index contributed by atoms with van der Waals surface area (Å²) in [5.74, 6) is 1.28. The number of aromatic nitrogens is 5. The monoisotopic (exact) mass is 407 g/mol. The number of carbonyl (C=O) groups excluding carboxylic acids is 2. The van der Waals surface area contributed by atoms with Gasteiger partial charge in [0, 0.05) is 37.2 Å². The first-order valence-electron chi connectivity index (χ1n) is 9.99. The molecule has 10 heteroatoms. The molecule has 5 rings (SSSR count). The van der Waals surface area contributed by atoms with Gasteiger partial charge in [0.15, 0.2) is 11.5 Å². The lowest BCUT2D eigenvalue weighted by molar-refractivity contribution is -0.114. The molecule has 2 aromatic heterocycles. The Morgan fingerprint density at radius 1 is 1.23 bits per heavy atom. The predicted molar refractivity (Wildman–Crippen MR) is 106 cm³/mol. The Morgan fingerprint density at radius 2 is 2.10 bits per heavy atom. The predicted octanol–water partition coefficient (Wildman–Crippen LogP) is 2.25. The summed E-state index contributed by atoms with van der Waals surface area (Å²) < 4.78 is 7.07. The topological polar surface area (TPSA) is 119 Å². The van der Waals surface area contributed by atoms with E-state index in [1.165, 1.54) is 6.92 Å². The van der Waals surface area contributed by atoms with Crippen LogP contribution in [0.3, 0.4) is 0 Å². The van der Waals surface area contributed by atoms with Crippen molar-refractivity contribution in [2.75, 3.05) is 18.4 Å². The first kappa shape index (κ1) is 18.5. The molecule has 1 aliphatic heterocycles. The number of anilines is 1. The molecule has 3 heterocycles.